The van der Waals surface area contributed by atoms with Crippen LogP contribution < -0.4 is 0 Å². The Morgan fingerprint density at radius 3 is 2.85 bits per heavy atom. The number of pyridine rings is 1. The Hall–Kier alpha value is -2.67. The maximum atomic E-state index is 5.47. The lowest BCUT2D eigenvalue weighted by Crippen LogP contribution is -2.17. The van der Waals surface area contributed by atoms with E-state index in [9.17, 15) is 0 Å². The number of thiazole rings is 1. The summed E-state index contributed by atoms with van der Waals surface area (Å²) in [6, 6.07) is 3.93. The van der Waals surface area contributed by atoms with Gasteiger partial charge < -0.3 is 4.84 Å². The van der Waals surface area contributed by atoms with Gasteiger partial charge in [0.25, 0.3) is 0 Å². The number of aromatic nitrogens is 4. The Labute approximate surface area is 162 Å². The predicted molar refractivity (Wildman–Crippen MR) is 107 cm³/mol. The highest BCUT2D eigenvalue weighted by Gasteiger charge is 2.22. The zero-order valence-electron chi connectivity index (χ0n) is 15.6. The molecule has 0 atom stereocenters. The van der Waals surface area contributed by atoms with E-state index in [0.717, 1.165) is 63.2 Å². The minimum atomic E-state index is 0.0461. The SMILES string of the molecule is Cc1nc(-c2cccnc2)sc1-c1cnc2c(n1)C(=NOC(C)C)CCC2. The predicted octanol–water partition coefficient (Wildman–Crippen LogP) is 4.44. The van der Waals surface area contributed by atoms with Crippen molar-refractivity contribution in [2.24, 2.45) is 5.16 Å². The van der Waals surface area contributed by atoms with Crippen LogP contribution in [-0.2, 0) is 11.3 Å². The summed E-state index contributed by atoms with van der Waals surface area (Å²) < 4.78 is 0. The molecule has 0 amide bonds. The van der Waals surface area contributed by atoms with Crippen LogP contribution in [0.3, 0.4) is 0 Å². The molecule has 3 heterocycles. The maximum absolute atomic E-state index is 5.47. The molecule has 0 aliphatic heterocycles. The summed E-state index contributed by atoms with van der Waals surface area (Å²) >= 11 is 1.61. The van der Waals surface area contributed by atoms with Crippen LogP contribution in [0.5, 0.6) is 0 Å². The van der Waals surface area contributed by atoms with E-state index in [-0.39, 0.29) is 6.10 Å². The zero-order valence-corrected chi connectivity index (χ0v) is 16.5. The topological polar surface area (TPSA) is 73.2 Å². The summed E-state index contributed by atoms with van der Waals surface area (Å²) in [5.74, 6) is 0. The van der Waals surface area contributed by atoms with E-state index in [1.165, 1.54) is 0 Å². The lowest BCUT2D eigenvalue weighted by atomic mass is 9.98. The summed E-state index contributed by atoms with van der Waals surface area (Å²) in [5, 5.41) is 5.26. The molecule has 1 aliphatic rings. The Morgan fingerprint density at radius 2 is 2.07 bits per heavy atom. The molecule has 3 aromatic rings. The highest BCUT2D eigenvalue weighted by atomic mass is 32.1. The summed E-state index contributed by atoms with van der Waals surface area (Å²) in [4.78, 5) is 24.9. The van der Waals surface area contributed by atoms with Crippen LogP contribution in [0.2, 0.25) is 0 Å². The van der Waals surface area contributed by atoms with Crippen LogP contribution in [0.15, 0.2) is 35.9 Å². The number of hydrogen-bond acceptors (Lipinski definition) is 7. The number of oxime groups is 1. The number of hydrogen-bond donors (Lipinski definition) is 0. The molecular weight excluding hydrogens is 358 g/mol. The zero-order chi connectivity index (χ0) is 18.8. The molecule has 0 bridgehead atoms. The van der Waals surface area contributed by atoms with Gasteiger partial charge in [-0.1, -0.05) is 5.16 Å². The lowest BCUT2D eigenvalue weighted by Gasteiger charge is -2.16. The summed E-state index contributed by atoms with van der Waals surface area (Å²) in [6.45, 7) is 5.94. The Bertz CT molecular complexity index is 981. The van der Waals surface area contributed by atoms with Crippen molar-refractivity contribution < 1.29 is 4.84 Å². The molecule has 7 heteroatoms. The molecular formula is C20H21N5OS. The van der Waals surface area contributed by atoms with Crippen molar-refractivity contribution in [1.29, 1.82) is 0 Å². The first kappa shape index (κ1) is 17.7. The summed E-state index contributed by atoms with van der Waals surface area (Å²) in [7, 11) is 0. The van der Waals surface area contributed by atoms with Crippen LogP contribution in [0, 0.1) is 6.92 Å². The van der Waals surface area contributed by atoms with Gasteiger partial charge in [0.2, 0.25) is 0 Å². The molecule has 0 aromatic carbocycles. The van der Waals surface area contributed by atoms with Crippen molar-refractivity contribution in [3.8, 4) is 21.1 Å². The van der Waals surface area contributed by atoms with E-state index in [0.29, 0.717) is 0 Å². The fourth-order valence-electron chi connectivity index (χ4n) is 2.98. The van der Waals surface area contributed by atoms with Crippen molar-refractivity contribution in [1.82, 2.24) is 19.9 Å². The molecule has 1 aliphatic carbocycles. The van der Waals surface area contributed by atoms with Crippen molar-refractivity contribution >= 4 is 17.0 Å². The quantitative estimate of drug-likeness (QED) is 0.627. The highest BCUT2D eigenvalue weighted by molar-refractivity contribution is 7.18. The number of nitrogens with zero attached hydrogens (tertiary/aromatic N) is 5. The molecule has 6 nitrogen and oxygen atoms in total. The fraction of sp³-hybridized carbons (Fsp3) is 0.350. The van der Waals surface area contributed by atoms with Crippen molar-refractivity contribution in [3.05, 3.63) is 47.8 Å². The van der Waals surface area contributed by atoms with E-state index in [1.54, 1.807) is 17.5 Å². The summed E-state index contributed by atoms with van der Waals surface area (Å²) in [5.41, 5.74) is 5.52. The third-order valence-corrected chi connectivity index (χ3v) is 5.49. The number of rotatable bonds is 4. The summed E-state index contributed by atoms with van der Waals surface area (Å²) in [6.07, 6.45) is 8.29. The molecule has 27 heavy (non-hydrogen) atoms. The molecule has 0 unspecified atom stereocenters. The standard InChI is InChI=1S/C20H21N5OS/c1-12(2)26-25-16-8-4-7-15-18(16)24-17(11-22-15)19-13(3)23-20(27-19)14-6-5-9-21-10-14/h5-6,9-12H,4,7-8H2,1-3H3. The maximum Gasteiger partial charge on any atom is 0.125 e. The highest BCUT2D eigenvalue weighted by Crippen LogP contribution is 2.34. The third-order valence-electron chi connectivity index (χ3n) is 4.26. The molecule has 4 rings (SSSR count). The second-order valence-electron chi connectivity index (χ2n) is 6.77. The van der Waals surface area contributed by atoms with Gasteiger partial charge in [0.05, 0.1) is 22.5 Å². The van der Waals surface area contributed by atoms with Gasteiger partial charge in [-0.15, -0.1) is 11.3 Å². The van der Waals surface area contributed by atoms with E-state index >= 15 is 0 Å². The molecule has 0 N–H and O–H groups in total. The average molecular weight is 379 g/mol. The molecule has 0 saturated heterocycles. The molecule has 0 saturated carbocycles. The largest absolute Gasteiger partial charge is 0.393 e. The van der Waals surface area contributed by atoms with Gasteiger partial charge in [0.1, 0.15) is 28.2 Å². The van der Waals surface area contributed by atoms with Gasteiger partial charge in [0, 0.05) is 18.0 Å². The van der Waals surface area contributed by atoms with E-state index < -0.39 is 0 Å². The molecule has 3 aromatic heterocycles. The van der Waals surface area contributed by atoms with Crippen LogP contribution in [0.25, 0.3) is 21.1 Å². The third kappa shape index (κ3) is 3.73. The van der Waals surface area contributed by atoms with Crippen LogP contribution in [-0.4, -0.2) is 31.8 Å². The Kier molecular flexibility index (Phi) is 4.94. The van der Waals surface area contributed by atoms with Crippen molar-refractivity contribution in [2.45, 2.75) is 46.1 Å². The second kappa shape index (κ2) is 7.52. The Balaban J connectivity index is 1.73. The van der Waals surface area contributed by atoms with Gasteiger partial charge >= 0.3 is 0 Å². The minimum Gasteiger partial charge on any atom is -0.393 e. The molecule has 0 fully saturated rings. The minimum absolute atomic E-state index is 0.0461. The monoisotopic (exact) mass is 379 g/mol. The van der Waals surface area contributed by atoms with E-state index in [4.69, 9.17) is 14.8 Å². The van der Waals surface area contributed by atoms with Crippen molar-refractivity contribution in [2.75, 3.05) is 0 Å². The first-order chi connectivity index (χ1) is 13.1. The van der Waals surface area contributed by atoms with Gasteiger partial charge in [-0.3, -0.25) is 9.97 Å². The number of fused-ring (bicyclic) bond motifs is 1. The van der Waals surface area contributed by atoms with Gasteiger partial charge in [-0.25, -0.2) is 9.97 Å². The molecule has 0 radical (unpaired) electrons. The first-order valence-electron chi connectivity index (χ1n) is 9.09. The van der Waals surface area contributed by atoms with Gasteiger partial charge in [-0.2, -0.15) is 0 Å². The molecule has 0 spiro atoms. The number of aryl methyl sites for hydroxylation is 2. The van der Waals surface area contributed by atoms with Gasteiger partial charge in [0.15, 0.2) is 0 Å². The van der Waals surface area contributed by atoms with E-state index in [2.05, 4.69) is 15.1 Å². The van der Waals surface area contributed by atoms with E-state index in [1.807, 2.05) is 45.3 Å². The van der Waals surface area contributed by atoms with Crippen molar-refractivity contribution in [3.63, 3.8) is 0 Å². The lowest BCUT2D eigenvalue weighted by molar-refractivity contribution is 0.0854. The van der Waals surface area contributed by atoms with Crippen LogP contribution in [0.1, 0.15) is 43.8 Å². The first-order valence-corrected chi connectivity index (χ1v) is 9.90. The van der Waals surface area contributed by atoms with Gasteiger partial charge in [-0.05, 0) is 52.2 Å². The Morgan fingerprint density at radius 1 is 1.19 bits per heavy atom. The fourth-order valence-corrected chi connectivity index (χ4v) is 3.99. The van der Waals surface area contributed by atoms with Crippen LogP contribution in [0.4, 0.5) is 0 Å². The van der Waals surface area contributed by atoms with Crippen LogP contribution >= 0.6 is 11.3 Å². The average Bonchev–Trinajstić information content (AvgIpc) is 3.08. The smallest absolute Gasteiger partial charge is 0.125 e. The second-order valence-corrected chi connectivity index (χ2v) is 7.77. The normalized spacial score (nSPS) is 15.2. The molecule has 138 valence electrons.